The topological polar surface area (TPSA) is 39.2 Å². The Labute approximate surface area is 92.9 Å². The highest BCUT2D eigenvalue weighted by Crippen LogP contribution is 2.41. The van der Waals surface area contributed by atoms with Gasteiger partial charge in [-0.15, -0.1) is 0 Å². The van der Waals surface area contributed by atoms with E-state index in [1.807, 2.05) is 18.2 Å². The van der Waals surface area contributed by atoms with Crippen LogP contribution in [0.4, 0.5) is 4.39 Å². The van der Waals surface area contributed by atoms with Gasteiger partial charge in [0.05, 0.1) is 0 Å². The summed E-state index contributed by atoms with van der Waals surface area (Å²) in [7, 11) is 0. The van der Waals surface area contributed by atoms with E-state index >= 15 is 0 Å². The van der Waals surface area contributed by atoms with Crippen LogP contribution >= 0.6 is 0 Å². The number of benzene rings is 1. The predicted molar refractivity (Wildman–Crippen MR) is 59.4 cm³/mol. The normalized spacial score (nSPS) is 23.4. The Kier molecular flexibility index (Phi) is 2.07. The molecule has 0 radical (unpaired) electrons. The van der Waals surface area contributed by atoms with Crippen LogP contribution in [0, 0.1) is 5.82 Å². The van der Waals surface area contributed by atoms with Gasteiger partial charge in [-0.05, 0) is 30.7 Å². The van der Waals surface area contributed by atoms with Crippen molar-refractivity contribution in [2.75, 3.05) is 0 Å². The van der Waals surface area contributed by atoms with Gasteiger partial charge < -0.3 is 10.2 Å². The van der Waals surface area contributed by atoms with Crippen molar-refractivity contribution in [2.24, 2.45) is 5.73 Å². The van der Waals surface area contributed by atoms with Crippen LogP contribution in [-0.2, 0) is 0 Å². The molecule has 1 aromatic heterocycles. The molecule has 0 unspecified atom stereocenters. The molecule has 1 aliphatic rings. The minimum Gasteiger partial charge on any atom is -0.461 e. The zero-order chi connectivity index (χ0) is 11.1. The molecule has 1 aliphatic carbocycles. The van der Waals surface area contributed by atoms with E-state index in [2.05, 4.69) is 0 Å². The van der Waals surface area contributed by atoms with E-state index in [0.717, 1.165) is 17.7 Å². The summed E-state index contributed by atoms with van der Waals surface area (Å²) in [6.45, 7) is 0. The summed E-state index contributed by atoms with van der Waals surface area (Å²) >= 11 is 0. The molecule has 0 spiro atoms. The summed E-state index contributed by atoms with van der Waals surface area (Å²) in [5.41, 5.74) is 6.51. The van der Waals surface area contributed by atoms with Crippen LogP contribution in [-0.4, -0.2) is 6.04 Å². The van der Waals surface area contributed by atoms with Crippen molar-refractivity contribution < 1.29 is 8.81 Å². The van der Waals surface area contributed by atoms with Gasteiger partial charge >= 0.3 is 0 Å². The first-order chi connectivity index (χ1) is 7.74. The second kappa shape index (κ2) is 3.46. The SMILES string of the molecule is N[C@@H]1C[C@H]1c1ccc(-c2cccc(F)c2)o1. The number of nitrogens with two attached hydrogens (primary N) is 1. The first-order valence-electron chi connectivity index (χ1n) is 5.35. The van der Waals surface area contributed by atoms with Crippen molar-refractivity contribution in [3.8, 4) is 11.3 Å². The number of rotatable bonds is 2. The van der Waals surface area contributed by atoms with Crippen molar-refractivity contribution in [1.29, 1.82) is 0 Å². The molecule has 1 heterocycles. The van der Waals surface area contributed by atoms with Gasteiger partial charge in [0.1, 0.15) is 17.3 Å². The van der Waals surface area contributed by atoms with Crippen LogP contribution < -0.4 is 5.73 Å². The van der Waals surface area contributed by atoms with Gasteiger partial charge in [0.2, 0.25) is 0 Å². The van der Waals surface area contributed by atoms with E-state index < -0.39 is 0 Å². The molecule has 0 bridgehead atoms. The van der Waals surface area contributed by atoms with Gasteiger partial charge in [0.25, 0.3) is 0 Å². The van der Waals surface area contributed by atoms with Gasteiger partial charge in [0, 0.05) is 17.5 Å². The van der Waals surface area contributed by atoms with Crippen LogP contribution in [0.2, 0.25) is 0 Å². The second-order valence-corrected chi connectivity index (χ2v) is 4.22. The summed E-state index contributed by atoms with van der Waals surface area (Å²) in [5, 5.41) is 0. The van der Waals surface area contributed by atoms with Crippen LogP contribution in [0.1, 0.15) is 18.1 Å². The van der Waals surface area contributed by atoms with Crippen molar-refractivity contribution in [3.63, 3.8) is 0 Å². The summed E-state index contributed by atoms with van der Waals surface area (Å²) < 4.78 is 18.7. The molecular weight excluding hydrogens is 205 g/mol. The van der Waals surface area contributed by atoms with E-state index in [4.69, 9.17) is 10.2 Å². The third-order valence-corrected chi connectivity index (χ3v) is 2.94. The van der Waals surface area contributed by atoms with Crippen LogP contribution in [0.5, 0.6) is 0 Å². The zero-order valence-electron chi connectivity index (χ0n) is 8.69. The van der Waals surface area contributed by atoms with Crippen molar-refractivity contribution in [3.05, 3.63) is 48.0 Å². The molecule has 2 atom stereocenters. The monoisotopic (exact) mass is 217 g/mol. The van der Waals surface area contributed by atoms with Crippen LogP contribution in [0.3, 0.4) is 0 Å². The Balaban J connectivity index is 1.92. The second-order valence-electron chi connectivity index (χ2n) is 4.22. The average Bonchev–Trinajstić information content (AvgIpc) is 2.81. The van der Waals surface area contributed by atoms with Gasteiger partial charge in [-0.1, -0.05) is 12.1 Å². The third kappa shape index (κ3) is 1.63. The lowest BCUT2D eigenvalue weighted by atomic mass is 10.2. The molecule has 16 heavy (non-hydrogen) atoms. The molecule has 1 fully saturated rings. The molecule has 2 aromatic rings. The van der Waals surface area contributed by atoms with Crippen molar-refractivity contribution >= 4 is 0 Å². The molecule has 0 aliphatic heterocycles. The highest BCUT2D eigenvalue weighted by atomic mass is 19.1. The number of furan rings is 1. The fourth-order valence-corrected chi connectivity index (χ4v) is 1.89. The lowest BCUT2D eigenvalue weighted by Crippen LogP contribution is -2.00. The summed E-state index contributed by atoms with van der Waals surface area (Å²) in [4.78, 5) is 0. The largest absolute Gasteiger partial charge is 0.461 e. The zero-order valence-corrected chi connectivity index (χ0v) is 8.69. The first-order valence-corrected chi connectivity index (χ1v) is 5.35. The van der Waals surface area contributed by atoms with Gasteiger partial charge in [0.15, 0.2) is 0 Å². The minimum absolute atomic E-state index is 0.228. The molecule has 2 nitrogen and oxygen atoms in total. The molecule has 1 saturated carbocycles. The van der Waals surface area contributed by atoms with E-state index in [9.17, 15) is 4.39 Å². The fraction of sp³-hybridized carbons (Fsp3) is 0.231. The Bertz CT molecular complexity index is 520. The first kappa shape index (κ1) is 9.60. The third-order valence-electron chi connectivity index (χ3n) is 2.94. The maximum absolute atomic E-state index is 13.0. The molecular formula is C13H12FNO. The maximum Gasteiger partial charge on any atom is 0.134 e. The maximum atomic E-state index is 13.0. The van der Waals surface area contributed by atoms with Crippen LogP contribution in [0.25, 0.3) is 11.3 Å². The van der Waals surface area contributed by atoms with Gasteiger partial charge in [-0.2, -0.15) is 0 Å². The van der Waals surface area contributed by atoms with Gasteiger partial charge in [-0.3, -0.25) is 0 Å². The summed E-state index contributed by atoms with van der Waals surface area (Å²) in [5.74, 6) is 1.71. The molecule has 82 valence electrons. The highest BCUT2D eigenvalue weighted by molar-refractivity contribution is 5.57. The lowest BCUT2D eigenvalue weighted by molar-refractivity contribution is 0.521. The smallest absolute Gasteiger partial charge is 0.134 e. The van der Waals surface area contributed by atoms with Crippen LogP contribution in [0.15, 0.2) is 40.8 Å². The Hall–Kier alpha value is -1.61. The minimum atomic E-state index is -0.251. The number of hydrogen-bond acceptors (Lipinski definition) is 2. The van der Waals surface area contributed by atoms with Crippen molar-refractivity contribution in [2.45, 2.75) is 18.4 Å². The van der Waals surface area contributed by atoms with E-state index in [1.54, 1.807) is 6.07 Å². The summed E-state index contributed by atoms with van der Waals surface area (Å²) in [6, 6.07) is 10.4. The molecule has 1 aromatic carbocycles. The Morgan fingerprint density at radius 2 is 2.06 bits per heavy atom. The standard InChI is InChI=1S/C13H12FNO/c14-9-3-1-2-8(6-9)12-4-5-13(16-12)10-7-11(10)15/h1-6,10-11H,7,15H2/t10-,11-/m1/s1. The van der Waals surface area contributed by atoms with Gasteiger partial charge in [-0.25, -0.2) is 4.39 Å². The Morgan fingerprint density at radius 1 is 1.25 bits per heavy atom. The lowest BCUT2D eigenvalue weighted by Gasteiger charge is -1.97. The number of halogens is 1. The fourth-order valence-electron chi connectivity index (χ4n) is 1.89. The van der Waals surface area contributed by atoms with E-state index in [1.165, 1.54) is 12.1 Å². The van der Waals surface area contributed by atoms with E-state index in [-0.39, 0.29) is 11.9 Å². The molecule has 3 rings (SSSR count). The molecule has 2 N–H and O–H groups in total. The van der Waals surface area contributed by atoms with E-state index in [0.29, 0.717) is 11.7 Å². The Morgan fingerprint density at radius 3 is 2.75 bits per heavy atom. The quantitative estimate of drug-likeness (QED) is 0.840. The van der Waals surface area contributed by atoms with Crippen molar-refractivity contribution in [1.82, 2.24) is 0 Å². The summed E-state index contributed by atoms with van der Waals surface area (Å²) in [6.07, 6.45) is 0.982. The predicted octanol–water partition coefficient (Wildman–Crippen LogP) is 2.90. The average molecular weight is 217 g/mol. The highest BCUT2D eigenvalue weighted by Gasteiger charge is 2.37. The molecule has 0 saturated heterocycles. The molecule has 3 heteroatoms. The molecule has 0 amide bonds. The number of hydrogen-bond donors (Lipinski definition) is 1.